The molecule has 5 nitrogen and oxygen atoms in total. The van der Waals surface area contributed by atoms with Gasteiger partial charge in [-0.3, -0.25) is 4.55 Å². The predicted octanol–water partition coefficient (Wildman–Crippen LogP) is 6.89. The Kier molecular flexibility index (Phi) is 10.2. The molecule has 0 unspecified atom stereocenters. The van der Waals surface area contributed by atoms with Crippen molar-refractivity contribution < 1.29 is 22.8 Å². The Morgan fingerprint density at radius 2 is 1.40 bits per heavy atom. The highest BCUT2D eigenvalue weighted by Crippen LogP contribution is 2.34. The second kappa shape index (κ2) is 12.6. The Hall–Kier alpha value is -2.05. The number of phenols is 1. The van der Waals surface area contributed by atoms with Crippen LogP contribution in [0.1, 0.15) is 76.7 Å². The summed E-state index contributed by atoms with van der Waals surface area (Å²) in [5.41, 5.74) is 1.01. The lowest BCUT2D eigenvalue weighted by atomic mass is 10.0. The molecule has 2 rings (SSSR count). The zero-order valence-corrected chi connectivity index (χ0v) is 18.7. The Morgan fingerprint density at radius 3 is 2.03 bits per heavy atom. The molecule has 0 heterocycles. The summed E-state index contributed by atoms with van der Waals surface area (Å²) in [5.74, 6) is 0.396. The summed E-state index contributed by atoms with van der Waals surface area (Å²) in [6.45, 7) is 2.24. The fraction of sp³-hybridized carbons (Fsp3) is 0.500. The molecule has 0 radical (unpaired) electrons. The first-order chi connectivity index (χ1) is 14.4. The maximum absolute atomic E-state index is 11.3. The van der Waals surface area contributed by atoms with Crippen molar-refractivity contribution in [1.82, 2.24) is 0 Å². The van der Waals surface area contributed by atoms with E-state index in [1.165, 1.54) is 57.4 Å². The standard InChI is InChI=1S/C24H34O5S/c1-2-3-4-5-6-7-8-9-10-11-14-20-15-12-13-16-23(20)29-24-19-21(30(26,27)28)17-18-22(24)25/h12-13,15-19,25H,2-11,14H2,1H3,(H,26,27,28). The van der Waals surface area contributed by atoms with Gasteiger partial charge in [-0.2, -0.15) is 8.42 Å². The van der Waals surface area contributed by atoms with Crippen molar-refractivity contribution in [3.8, 4) is 17.2 Å². The first-order valence-electron chi connectivity index (χ1n) is 11.0. The molecule has 0 amide bonds. The molecule has 30 heavy (non-hydrogen) atoms. The van der Waals surface area contributed by atoms with Gasteiger partial charge in [0.25, 0.3) is 10.1 Å². The van der Waals surface area contributed by atoms with Crippen molar-refractivity contribution in [1.29, 1.82) is 0 Å². The minimum atomic E-state index is -4.37. The maximum Gasteiger partial charge on any atom is 0.294 e. The van der Waals surface area contributed by atoms with E-state index in [2.05, 4.69) is 6.92 Å². The highest BCUT2D eigenvalue weighted by molar-refractivity contribution is 7.85. The summed E-state index contributed by atoms with van der Waals surface area (Å²) in [5, 5.41) is 10.0. The molecule has 0 aliphatic carbocycles. The van der Waals surface area contributed by atoms with Crippen molar-refractivity contribution in [3.63, 3.8) is 0 Å². The van der Waals surface area contributed by atoms with E-state index in [0.29, 0.717) is 5.75 Å². The average Bonchev–Trinajstić information content (AvgIpc) is 2.71. The molecule has 0 saturated carbocycles. The fourth-order valence-electron chi connectivity index (χ4n) is 3.47. The van der Waals surface area contributed by atoms with Crippen molar-refractivity contribution in [2.24, 2.45) is 0 Å². The number of phenolic OH excluding ortho intramolecular Hbond substituents is 1. The predicted molar refractivity (Wildman–Crippen MR) is 120 cm³/mol. The van der Waals surface area contributed by atoms with Crippen LogP contribution in [0.3, 0.4) is 0 Å². The van der Waals surface area contributed by atoms with E-state index >= 15 is 0 Å². The molecule has 2 aromatic rings. The molecule has 0 aliphatic rings. The number of ether oxygens (including phenoxy) is 1. The Balaban J connectivity index is 1.84. The third kappa shape index (κ3) is 8.36. The number of rotatable bonds is 14. The molecule has 0 aliphatic heterocycles. The second-order valence-corrected chi connectivity index (χ2v) is 9.17. The van der Waals surface area contributed by atoms with Crippen LogP contribution in [0.15, 0.2) is 47.4 Å². The smallest absolute Gasteiger partial charge is 0.294 e. The van der Waals surface area contributed by atoms with E-state index in [0.717, 1.165) is 37.0 Å². The van der Waals surface area contributed by atoms with Gasteiger partial charge in [-0.1, -0.05) is 82.9 Å². The van der Waals surface area contributed by atoms with Gasteiger partial charge in [-0.05, 0) is 36.6 Å². The summed E-state index contributed by atoms with van der Waals surface area (Å²) in [6, 6.07) is 11.0. The van der Waals surface area contributed by atoms with Gasteiger partial charge in [0.1, 0.15) is 5.75 Å². The summed E-state index contributed by atoms with van der Waals surface area (Å²) in [7, 11) is -4.37. The van der Waals surface area contributed by atoms with Gasteiger partial charge < -0.3 is 9.84 Å². The summed E-state index contributed by atoms with van der Waals surface area (Å²) >= 11 is 0. The van der Waals surface area contributed by atoms with E-state index < -0.39 is 10.1 Å². The Bertz CT molecular complexity index is 877. The van der Waals surface area contributed by atoms with Crippen molar-refractivity contribution in [2.75, 3.05) is 0 Å². The topological polar surface area (TPSA) is 83.8 Å². The van der Waals surface area contributed by atoms with E-state index in [4.69, 9.17) is 4.74 Å². The highest BCUT2D eigenvalue weighted by atomic mass is 32.2. The number of unbranched alkanes of at least 4 members (excludes halogenated alkanes) is 9. The van der Waals surface area contributed by atoms with Crippen molar-refractivity contribution in [2.45, 2.75) is 82.4 Å². The van der Waals surface area contributed by atoms with Crippen LogP contribution in [0.5, 0.6) is 17.2 Å². The molecule has 0 bridgehead atoms. The van der Waals surface area contributed by atoms with Crippen molar-refractivity contribution in [3.05, 3.63) is 48.0 Å². The third-order valence-corrected chi connectivity index (χ3v) is 6.07. The monoisotopic (exact) mass is 434 g/mol. The molecule has 2 aromatic carbocycles. The molecule has 166 valence electrons. The first-order valence-corrected chi connectivity index (χ1v) is 12.4. The number of hydrogen-bond acceptors (Lipinski definition) is 4. The van der Waals surface area contributed by atoms with Gasteiger partial charge in [-0.25, -0.2) is 0 Å². The molecule has 0 fully saturated rings. The fourth-order valence-corrected chi connectivity index (χ4v) is 3.96. The number of aryl methyl sites for hydroxylation is 1. The highest BCUT2D eigenvalue weighted by Gasteiger charge is 2.15. The lowest BCUT2D eigenvalue weighted by Crippen LogP contribution is -1.99. The van der Waals surface area contributed by atoms with E-state index in [9.17, 15) is 18.1 Å². The van der Waals surface area contributed by atoms with Crippen LogP contribution in [0.2, 0.25) is 0 Å². The molecule has 0 spiro atoms. The van der Waals surface area contributed by atoms with E-state index in [-0.39, 0.29) is 16.4 Å². The third-order valence-electron chi connectivity index (χ3n) is 5.22. The number of benzene rings is 2. The van der Waals surface area contributed by atoms with Gasteiger partial charge in [-0.15, -0.1) is 0 Å². The number of aromatic hydroxyl groups is 1. The molecule has 0 saturated heterocycles. The first kappa shape index (κ1) is 24.2. The molecule has 6 heteroatoms. The van der Waals surface area contributed by atoms with Crippen LogP contribution >= 0.6 is 0 Å². The van der Waals surface area contributed by atoms with Crippen molar-refractivity contribution >= 4 is 10.1 Å². The zero-order valence-electron chi connectivity index (χ0n) is 17.8. The molecule has 0 atom stereocenters. The number of para-hydroxylation sites is 1. The number of hydrogen-bond donors (Lipinski definition) is 2. The van der Waals surface area contributed by atoms with Crippen LogP contribution in [0.25, 0.3) is 0 Å². The molecular weight excluding hydrogens is 400 g/mol. The summed E-state index contributed by atoms with van der Waals surface area (Å²) < 4.78 is 37.7. The summed E-state index contributed by atoms with van der Waals surface area (Å²) in [6.07, 6.45) is 13.6. The quantitative estimate of drug-likeness (QED) is 0.250. The minimum Gasteiger partial charge on any atom is -0.504 e. The Morgan fingerprint density at radius 1 is 0.800 bits per heavy atom. The average molecular weight is 435 g/mol. The van der Waals surface area contributed by atoms with Gasteiger partial charge in [0, 0.05) is 6.07 Å². The molecular formula is C24H34O5S. The van der Waals surface area contributed by atoms with Crippen LogP contribution in [0, 0.1) is 0 Å². The van der Waals surface area contributed by atoms with Gasteiger partial charge >= 0.3 is 0 Å². The van der Waals surface area contributed by atoms with Crippen LogP contribution in [-0.4, -0.2) is 18.1 Å². The second-order valence-electron chi connectivity index (χ2n) is 7.75. The Labute approximate surface area is 180 Å². The lowest BCUT2D eigenvalue weighted by Gasteiger charge is -2.13. The van der Waals surface area contributed by atoms with Gasteiger partial charge in [0.05, 0.1) is 4.90 Å². The molecule has 0 aromatic heterocycles. The largest absolute Gasteiger partial charge is 0.504 e. The van der Waals surface area contributed by atoms with Gasteiger partial charge in [0.2, 0.25) is 0 Å². The zero-order chi connectivity index (χ0) is 21.8. The molecule has 2 N–H and O–H groups in total. The van der Waals surface area contributed by atoms with E-state index in [1.807, 2.05) is 18.2 Å². The summed E-state index contributed by atoms with van der Waals surface area (Å²) in [4.78, 5) is -0.317. The van der Waals surface area contributed by atoms with E-state index in [1.54, 1.807) is 6.07 Å². The maximum atomic E-state index is 11.3. The van der Waals surface area contributed by atoms with Gasteiger partial charge in [0.15, 0.2) is 11.5 Å². The lowest BCUT2D eigenvalue weighted by molar-refractivity contribution is 0.406. The van der Waals surface area contributed by atoms with Crippen LogP contribution in [0.4, 0.5) is 0 Å². The minimum absolute atomic E-state index is 0.000600. The van der Waals surface area contributed by atoms with Crippen LogP contribution < -0.4 is 4.74 Å². The van der Waals surface area contributed by atoms with Crippen LogP contribution in [-0.2, 0) is 16.5 Å². The normalized spacial score (nSPS) is 11.5. The SMILES string of the molecule is CCCCCCCCCCCCc1ccccc1Oc1cc(S(=O)(=O)O)ccc1O.